The Labute approximate surface area is 122 Å². The van der Waals surface area contributed by atoms with Crippen molar-refractivity contribution in [2.75, 3.05) is 12.9 Å². The summed E-state index contributed by atoms with van der Waals surface area (Å²) in [5.41, 5.74) is 0.427. The topological polar surface area (TPSA) is 63.1 Å². The molecule has 0 amide bonds. The molecule has 0 bridgehead atoms. The molecule has 116 valence electrons. The smallest absolute Gasteiger partial charge is 0.272 e. The predicted molar refractivity (Wildman–Crippen MR) is 75.3 cm³/mol. The van der Waals surface area contributed by atoms with Crippen LogP contribution in [-0.4, -0.2) is 36.1 Å². The molecule has 1 N–H and O–H groups in total. The minimum Gasteiger partial charge on any atom is -0.470 e. The number of ether oxygens (including phenoxy) is 1. The van der Waals surface area contributed by atoms with E-state index in [-0.39, 0.29) is 23.6 Å². The number of hydrogen-bond acceptors (Lipinski definition) is 4. The number of halogens is 3. The first-order valence-electron chi connectivity index (χ1n) is 5.74. The van der Waals surface area contributed by atoms with Gasteiger partial charge in [0.25, 0.3) is 6.43 Å². The molecule has 5 nitrogen and oxygen atoms in total. The zero-order valence-electron chi connectivity index (χ0n) is 11.2. The van der Waals surface area contributed by atoms with Gasteiger partial charge in [0.1, 0.15) is 5.82 Å². The maximum atomic E-state index is 13.9. The summed E-state index contributed by atoms with van der Waals surface area (Å²) in [4.78, 5) is 0. The Morgan fingerprint density at radius 2 is 2.24 bits per heavy atom. The average molecular weight is 321 g/mol. The lowest BCUT2D eigenvalue weighted by Gasteiger charge is -2.09. The molecule has 0 saturated heterocycles. The molecule has 1 aromatic rings. The summed E-state index contributed by atoms with van der Waals surface area (Å²) < 4.78 is 56.3. The van der Waals surface area contributed by atoms with Crippen molar-refractivity contribution in [2.45, 2.75) is 13.0 Å². The van der Waals surface area contributed by atoms with Crippen molar-refractivity contribution >= 4 is 23.6 Å². The van der Waals surface area contributed by atoms with Crippen LogP contribution in [0.15, 0.2) is 28.4 Å². The largest absolute Gasteiger partial charge is 0.470 e. The lowest BCUT2D eigenvalue weighted by atomic mass is 10.1. The van der Waals surface area contributed by atoms with Crippen LogP contribution in [0, 0.1) is 5.82 Å². The van der Waals surface area contributed by atoms with Gasteiger partial charge in [-0.3, -0.25) is 0 Å². The highest BCUT2D eigenvalue weighted by Gasteiger charge is 2.12. The second kappa shape index (κ2) is 8.53. The number of alkyl halides is 2. The van der Waals surface area contributed by atoms with E-state index < -0.39 is 29.8 Å². The maximum absolute atomic E-state index is 13.9. The third kappa shape index (κ3) is 6.05. The summed E-state index contributed by atoms with van der Waals surface area (Å²) in [6, 6.07) is 3.92. The van der Waals surface area contributed by atoms with Gasteiger partial charge in [0.2, 0.25) is 5.90 Å². The monoisotopic (exact) mass is 321 g/mol. The van der Waals surface area contributed by atoms with Gasteiger partial charge in [-0.05, 0) is 12.1 Å². The van der Waals surface area contributed by atoms with E-state index in [1.807, 2.05) is 0 Å². The summed E-state index contributed by atoms with van der Waals surface area (Å²) in [6.07, 6.45) is -1.27. The van der Waals surface area contributed by atoms with Gasteiger partial charge in [0.15, 0.2) is 6.61 Å². The SMILES string of the molecule is C=N/N=C(\OCC(F)F)c1ccc(CNS(C)=O)c(F)c1. The Morgan fingerprint density at radius 1 is 1.52 bits per heavy atom. The lowest BCUT2D eigenvalue weighted by molar-refractivity contribution is 0.0765. The molecule has 1 rings (SSSR count). The third-order valence-electron chi connectivity index (χ3n) is 2.27. The molecule has 0 fully saturated rings. The number of hydrogen-bond donors (Lipinski definition) is 1. The van der Waals surface area contributed by atoms with Crippen LogP contribution in [0.2, 0.25) is 0 Å². The molecule has 21 heavy (non-hydrogen) atoms. The normalized spacial score (nSPS) is 13.3. The van der Waals surface area contributed by atoms with E-state index in [9.17, 15) is 17.4 Å². The molecule has 0 aliphatic carbocycles. The van der Waals surface area contributed by atoms with Crippen molar-refractivity contribution in [3.63, 3.8) is 0 Å². The van der Waals surface area contributed by atoms with Gasteiger partial charge in [-0.25, -0.2) is 22.1 Å². The van der Waals surface area contributed by atoms with Gasteiger partial charge < -0.3 is 4.74 Å². The number of nitrogens with zero attached hydrogens (tertiary/aromatic N) is 2. The molecule has 0 heterocycles. The van der Waals surface area contributed by atoms with Crippen molar-refractivity contribution < 1.29 is 22.1 Å². The molecule has 9 heteroatoms. The second-order valence-corrected chi connectivity index (χ2v) is 5.03. The van der Waals surface area contributed by atoms with Crippen molar-refractivity contribution in [3.05, 3.63) is 35.1 Å². The third-order valence-corrected chi connectivity index (χ3v) is 2.82. The van der Waals surface area contributed by atoms with Crippen LogP contribution in [0.1, 0.15) is 11.1 Å². The van der Waals surface area contributed by atoms with E-state index in [4.69, 9.17) is 4.74 Å². The van der Waals surface area contributed by atoms with Gasteiger partial charge >= 0.3 is 0 Å². The quantitative estimate of drug-likeness (QED) is 0.473. The van der Waals surface area contributed by atoms with E-state index in [1.54, 1.807) is 0 Å². The van der Waals surface area contributed by atoms with Crippen LogP contribution in [0.3, 0.4) is 0 Å². The molecule has 1 unspecified atom stereocenters. The molecule has 0 spiro atoms. The molecule has 0 radical (unpaired) electrons. The average Bonchev–Trinajstić information content (AvgIpc) is 2.41. The fraction of sp³-hybridized carbons (Fsp3) is 0.333. The predicted octanol–water partition coefficient (Wildman–Crippen LogP) is 1.85. The van der Waals surface area contributed by atoms with Gasteiger partial charge in [-0.1, -0.05) is 6.07 Å². The fourth-order valence-electron chi connectivity index (χ4n) is 1.38. The standard InChI is InChI=1S/C12H14F3N3O2S/c1-16-18-12(20-7-11(14)15)8-3-4-9(10(13)5-8)6-17-21(2)19/h3-5,11,17H,1,6-7H2,2H3/b18-12-. The summed E-state index contributed by atoms with van der Waals surface area (Å²) in [6.45, 7) is 2.29. The molecule has 0 aliphatic heterocycles. The van der Waals surface area contributed by atoms with E-state index in [0.29, 0.717) is 0 Å². The molecular formula is C12H14F3N3O2S. The van der Waals surface area contributed by atoms with Crippen molar-refractivity contribution in [2.24, 2.45) is 10.2 Å². The highest BCUT2D eigenvalue weighted by atomic mass is 32.2. The number of rotatable bonds is 7. The maximum Gasteiger partial charge on any atom is 0.272 e. The first kappa shape index (κ1) is 17.3. The Hall–Kier alpha value is -1.74. The summed E-state index contributed by atoms with van der Waals surface area (Å²) in [5, 5.41) is 6.65. The van der Waals surface area contributed by atoms with Crippen LogP contribution in [-0.2, 0) is 22.3 Å². The van der Waals surface area contributed by atoms with Crippen LogP contribution >= 0.6 is 0 Å². The first-order valence-corrected chi connectivity index (χ1v) is 7.30. The van der Waals surface area contributed by atoms with E-state index in [2.05, 4.69) is 21.6 Å². The van der Waals surface area contributed by atoms with Gasteiger partial charge in [0.05, 0.1) is 11.0 Å². The minimum absolute atomic E-state index is 0.0688. The molecule has 0 aromatic heterocycles. The van der Waals surface area contributed by atoms with Crippen LogP contribution in [0.5, 0.6) is 0 Å². The Morgan fingerprint density at radius 3 is 2.76 bits per heavy atom. The van der Waals surface area contributed by atoms with E-state index >= 15 is 0 Å². The second-order valence-electron chi connectivity index (χ2n) is 3.83. The van der Waals surface area contributed by atoms with E-state index in [1.165, 1.54) is 18.4 Å². The molecule has 0 saturated carbocycles. The minimum atomic E-state index is -2.69. The van der Waals surface area contributed by atoms with Crippen LogP contribution < -0.4 is 4.72 Å². The van der Waals surface area contributed by atoms with Gasteiger partial charge in [-0.15, -0.1) is 5.10 Å². The lowest BCUT2D eigenvalue weighted by Crippen LogP contribution is -2.17. The van der Waals surface area contributed by atoms with Gasteiger partial charge in [0, 0.05) is 30.6 Å². The Kier molecular flexibility index (Phi) is 7.03. The highest BCUT2D eigenvalue weighted by molar-refractivity contribution is 7.82. The summed E-state index contributed by atoms with van der Waals surface area (Å²) in [7, 11) is -1.27. The van der Waals surface area contributed by atoms with Crippen LogP contribution in [0.4, 0.5) is 13.2 Å². The van der Waals surface area contributed by atoms with Gasteiger partial charge in [-0.2, -0.15) is 5.10 Å². The molecule has 1 atom stereocenters. The molecular weight excluding hydrogens is 307 g/mol. The number of benzene rings is 1. The Balaban J connectivity index is 2.90. The zero-order chi connectivity index (χ0) is 15.8. The first-order chi connectivity index (χ1) is 9.93. The van der Waals surface area contributed by atoms with Crippen LogP contribution in [0.25, 0.3) is 0 Å². The highest BCUT2D eigenvalue weighted by Crippen LogP contribution is 2.13. The van der Waals surface area contributed by atoms with Crippen molar-refractivity contribution in [1.29, 1.82) is 0 Å². The zero-order valence-corrected chi connectivity index (χ0v) is 12.0. The summed E-state index contributed by atoms with van der Waals surface area (Å²) in [5.74, 6) is -0.856. The Bertz CT molecular complexity index is 553. The molecule has 1 aromatic carbocycles. The fourth-order valence-corrected chi connectivity index (χ4v) is 1.74. The summed E-state index contributed by atoms with van der Waals surface area (Å²) >= 11 is 0. The molecule has 0 aliphatic rings. The number of nitrogens with one attached hydrogen (secondary N) is 1. The van der Waals surface area contributed by atoms with Crippen molar-refractivity contribution in [3.8, 4) is 0 Å². The van der Waals surface area contributed by atoms with E-state index in [0.717, 1.165) is 6.07 Å². The van der Waals surface area contributed by atoms with Crippen molar-refractivity contribution in [1.82, 2.24) is 4.72 Å².